The molecule has 3 heteroatoms. The highest BCUT2D eigenvalue weighted by Crippen LogP contribution is 2.29. The van der Waals surface area contributed by atoms with Gasteiger partial charge in [-0.1, -0.05) is 56.3 Å². The summed E-state index contributed by atoms with van der Waals surface area (Å²) in [6, 6.07) is 15.0. The molecule has 0 spiro atoms. The number of hydrogen-bond donors (Lipinski definition) is 3. The van der Waals surface area contributed by atoms with E-state index in [4.69, 9.17) is 5.84 Å². The summed E-state index contributed by atoms with van der Waals surface area (Å²) in [5, 5.41) is 5.92. The molecule has 0 amide bonds. The molecule has 0 heterocycles. The van der Waals surface area contributed by atoms with Gasteiger partial charge in [0.1, 0.15) is 0 Å². The first-order valence-corrected chi connectivity index (χ1v) is 6.27. The molecule has 4 N–H and O–H groups in total. The van der Waals surface area contributed by atoms with Gasteiger partial charge in [-0.05, 0) is 16.3 Å². The van der Waals surface area contributed by atoms with Crippen LogP contribution in [0.2, 0.25) is 0 Å². The van der Waals surface area contributed by atoms with E-state index in [1.54, 1.807) is 0 Å². The zero-order chi connectivity index (χ0) is 13.0. The van der Waals surface area contributed by atoms with Crippen molar-refractivity contribution >= 4 is 10.8 Å². The van der Waals surface area contributed by atoms with Crippen LogP contribution < -0.4 is 16.6 Å². The third kappa shape index (κ3) is 2.70. The van der Waals surface area contributed by atoms with E-state index >= 15 is 0 Å². The van der Waals surface area contributed by atoms with Crippen molar-refractivity contribution in [2.75, 3.05) is 13.2 Å². The summed E-state index contributed by atoms with van der Waals surface area (Å²) in [6.07, 6.45) is 0. The second-order valence-electron chi connectivity index (χ2n) is 5.22. The van der Waals surface area contributed by atoms with Gasteiger partial charge in [0.05, 0.1) is 6.67 Å². The summed E-state index contributed by atoms with van der Waals surface area (Å²) in [4.78, 5) is 0. The average Bonchev–Trinajstić information content (AvgIpc) is 2.38. The molecule has 0 bridgehead atoms. The molecular formula is C15H21N3. The molecule has 0 fully saturated rings. The largest absolute Gasteiger partial charge is 0.303 e. The van der Waals surface area contributed by atoms with Crippen LogP contribution in [0.5, 0.6) is 0 Å². The Balaban J connectivity index is 2.34. The molecule has 0 aliphatic rings. The van der Waals surface area contributed by atoms with Crippen molar-refractivity contribution in [1.29, 1.82) is 0 Å². The molecule has 0 unspecified atom stereocenters. The summed E-state index contributed by atoms with van der Waals surface area (Å²) < 4.78 is 0. The monoisotopic (exact) mass is 243 g/mol. The van der Waals surface area contributed by atoms with Gasteiger partial charge in [-0.25, -0.2) is 5.43 Å². The SMILES string of the molecule is CC(C)(CNCNN)c1cccc2ccccc12. The molecule has 0 saturated carbocycles. The molecule has 0 aliphatic carbocycles. The second kappa shape index (κ2) is 5.48. The maximum atomic E-state index is 5.27. The van der Waals surface area contributed by atoms with Gasteiger partial charge in [0, 0.05) is 12.0 Å². The zero-order valence-corrected chi connectivity index (χ0v) is 11.0. The van der Waals surface area contributed by atoms with E-state index < -0.39 is 0 Å². The Labute approximate surface area is 108 Å². The third-order valence-electron chi connectivity index (χ3n) is 3.31. The van der Waals surface area contributed by atoms with Crippen LogP contribution in [0, 0.1) is 0 Å². The predicted octanol–water partition coefficient (Wildman–Crippen LogP) is 2.13. The van der Waals surface area contributed by atoms with Crippen LogP contribution in [0.1, 0.15) is 19.4 Å². The van der Waals surface area contributed by atoms with Crippen molar-refractivity contribution in [2.24, 2.45) is 5.84 Å². The van der Waals surface area contributed by atoms with Gasteiger partial charge in [-0.15, -0.1) is 0 Å². The van der Waals surface area contributed by atoms with Crippen LogP contribution in [0.25, 0.3) is 10.8 Å². The first kappa shape index (κ1) is 13.0. The van der Waals surface area contributed by atoms with Crippen molar-refractivity contribution in [1.82, 2.24) is 10.7 Å². The molecule has 18 heavy (non-hydrogen) atoms. The Kier molecular flexibility index (Phi) is 3.97. The number of benzene rings is 2. The molecule has 2 aromatic carbocycles. The number of nitrogens with two attached hydrogens (primary N) is 1. The number of nitrogens with one attached hydrogen (secondary N) is 2. The van der Waals surface area contributed by atoms with E-state index in [2.05, 4.69) is 67.1 Å². The van der Waals surface area contributed by atoms with Gasteiger partial charge >= 0.3 is 0 Å². The Hall–Kier alpha value is -1.42. The molecule has 96 valence electrons. The molecule has 0 aliphatic heterocycles. The topological polar surface area (TPSA) is 50.1 Å². The smallest absolute Gasteiger partial charge is 0.0587 e. The Morgan fingerprint density at radius 2 is 1.78 bits per heavy atom. The van der Waals surface area contributed by atoms with Gasteiger partial charge < -0.3 is 5.32 Å². The lowest BCUT2D eigenvalue weighted by Crippen LogP contribution is -2.40. The van der Waals surface area contributed by atoms with Crippen LogP contribution in [0.4, 0.5) is 0 Å². The molecule has 2 aromatic rings. The molecule has 0 aromatic heterocycles. The van der Waals surface area contributed by atoms with E-state index in [0.29, 0.717) is 6.67 Å². The standard InChI is InChI=1S/C15H21N3/c1-15(2,10-17-11-18-16)14-9-5-7-12-6-3-4-8-13(12)14/h3-9,17-18H,10-11,16H2,1-2H3. The molecule has 0 saturated heterocycles. The highest BCUT2D eigenvalue weighted by Gasteiger charge is 2.21. The molecule has 0 radical (unpaired) electrons. The minimum absolute atomic E-state index is 0.0672. The fraction of sp³-hybridized carbons (Fsp3) is 0.333. The highest BCUT2D eigenvalue weighted by atomic mass is 15.3. The normalized spacial score (nSPS) is 11.9. The predicted molar refractivity (Wildman–Crippen MR) is 77.2 cm³/mol. The summed E-state index contributed by atoms with van der Waals surface area (Å²) in [7, 11) is 0. The van der Waals surface area contributed by atoms with Crippen molar-refractivity contribution in [3.8, 4) is 0 Å². The Morgan fingerprint density at radius 1 is 1.06 bits per heavy atom. The van der Waals surface area contributed by atoms with Crippen LogP contribution in [-0.4, -0.2) is 13.2 Å². The van der Waals surface area contributed by atoms with E-state index in [-0.39, 0.29) is 5.41 Å². The van der Waals surface area contributed by atoms with Crippen LogP contribution in [0.15, 0.2) is 42.5 Å². The molecule has 0 atom stereocenters. The molecule has 2 rings (SSSR count). The van der Waals surface area contributed by atoms with Gasteiger partial charge in [-0.2, -0.15) is 0 Å². The summed E-state index contributed by atoms with van der Waals surface area (Å²) in [5.74, 6) is 5.27. The van der Waals surface area contributed by atoms with E-state index in [9.17, 15) is 0 Å². The average molecular weight is 243 g/mol. The van der Waals surface area contributed by atoms with E-state index in [1.165, 1.54) is 16.3 Å². The van der Waals surface area contributed by atoms with Gasteiger partial charge in [-0.3, -0.25) is 5.84 Å². The first-order chi connectivity index (χ1) is 8.65. The minimum atomic E-state index is 0.0672. The van der Waals surface area contributed by atoms with Crippen molar-refractivity contribution < 1.29 is 0 Å². The molecule has 3 nitrogen and oxygen atoms in total. The maximum absolute atomic E-state index is 5.27. The van der Waals surface area contributed by atoms with E-state index in [1.807, 2.05) is 0 Å². The fourth-order valence-electron chi connectivity index (χ4n) is 2.36. The quantitative estimate of drug-likeness (QED) is 0.326. The number of hydrogen-bond acceptors (Lipinski definition) is 3. The molecular weight excluding hydrogens is 222 g/mol. The lowest BCUT2D eigenvalue weighted by atomic mass is 9.81. The van der Waals surface area contributed by atoms with Gasteiger partial charge in [0.25, 0.3) is 0 Å². The van der Waals surface area contributed by atoms with Gasteiger partial charge in [0.15, 0.2) is 0 Å². The van der Waals surface area contributed by atoms with E-state index in [0.717, 1.165) is 6.54 Å². The van der Waals surface area contributed by atoms with Crippen molar-refractivity contribution in [3.63, 3.8) is 0 Å². The lowest BCUT2D eigenvalue weighted by Gasteiger charge is -2.27. The van der Waals surface area contributed by atoms with Crippen LogP contribution in [0.3, 0.4) is 0 Å². The highest BCUT2D eigenvalue weighted by molar-refractivity contribution is 5.86. The third-order valence-corrected chi connectivity index (χ3v) is 3.31. The van der Waals surface area contributed by atoms with Crippen LogP contribution in [-0.2, 0) is 5.41 Å². The van der Waals surface area contributed by atoms with Crippen LogP contribution >= 0.6 is 0 Å². The zero-order valence-electron chi connectivity index (χ0n) is 11.0. The number of fused-ring (bicyclic) bond motifs is 1. The Bertz CT molecular complexity index is 515. The minimum Gasteiger partial charge on any atom is -0.303 e. The summed E-state index contributed by atoms with van der Waals surface area (Å²) in [6.45, 7) is 6.00. The number of hydrazine groups is 1. The number of rotatable bonds is 5. The summed E-state index contributed by atoms with van der Waals surface area (Å²) >= 11 is 0. The van der Waals surface area contributed by atoms with Crippen molar-refractivity contribution in [3.05, 3.63) is 48.0 Å². The lowest BCUT2D eigenvalue weighted by molar-refractivity contribution is 0.457. The Morgan fingerprint density at radius 3 is 2.56 bits per heavy atom. The van der Waals surface area contributed by atoms with Crippen molar-refractivity contribution in [2.45, 2.75) is 19.3 Å². The fourth-order valence-corrected chi connectivity index (χ4v) is 2.36. The summed E-state index contributed by atoms with van der Waals surface area (Å²) in [5.41, 5.74) is 4.05. The van der Waals surface area contributed by atoms with Gasteiger partial charge in [0.2, 0.25) is 0 Å². The maximum Gasteiger partial charge on any atom is 0.0587 e. The second-order valence-corrected chi connectivity index (χ2v) is 5.22. The first-order valence-electron chi connectivity index (χ1n) is 6.27.